The highest BCUT2D eigenvalue weighted by Gasteiger charge is 2.55. The lowest BCUT2D eigenvalue weighted by molar-refractivity contribution is 0.0431. The molecule has 3 aliphatic rings. The van der Waals surface area contributed by atoms with Crippen molar-refractivity contribution in [2.45, 2.75) is 38.2 Å². The first-order valence-corrected chi connectivity index (χ1v) is 7.84. The summed E-state index contributed by atoms with van der Waals surface area (Å²) in [6, 6.07) is 9.53. The van der Waals surface area contributed by atoms with Crippen LogP contribution in [0.2, 0.25) is 0 Å². The standard InChI is InChI=1S/C17H21NO2/c19-17(18-12-5-2-1-3-6-12)20-16-10-11-9-15(16)14-8-4-7-13(11)14/h1-3,5-6,11,13-16H,4,7-10H2,(H,18,19)/t11-,13+,14-,15+,16-/m1/s1. The number of anilines is 1. The van der Waals surface area contributed by atoms with Crippen molar-refractivity contribution in [1.29, 1.82) is 0 Å². The zero-order valence-electron chi connectivity index (χ0n) is 11.6. The minimum Gasteiger partial charge on any atom is -0.446 e. The average molecular weight is 271 g/mol. The average Bonchev–Trinajstić information content (AvgIpc) is 3.11. The Kier molecular flexibility index (Phi) is 2.94. The van der Waals surface area contributed by atoms with Crippen molar-refractivity contribution in [3.05, 3.63) is 30.3 Å². The van der Waals surface area contributed by atoms with Crippen molar-refractivity contribution in [2.24, 2.45) is 23.7 Å². The van der Waals surface area contributed by atoms with Crippen LogP contribution in [0.5, 0.6) is 0 Å². The van der Waals surface area contributed by atoms with Gasteiger partial charge in [-0.3, -0.25) is 5.32 Å². The maximum atomic E-state index is 12.0. The van der Waals surface area contributed by atoms with Crippen LogP contribution in [0, 0.1) is 23.7 Å². The van der Waals surface area contributed by atoms with E-state index in [0.717, 1.165) is 29.9 Å². The molecule has 3 heteroatoms. The number of para-hydroxylation sites is 1. The molecule has 106 valence electrons. The van der Waals surface area contributed by atoms with Crippen molar-refractivity contribution in [2.75, 3.05) is 5.32 Å². The van der Waals surface area contributed by atoms with Gasteiger partial charge in [0.1, 0.15) is 6.10 Å². The number of carbonyl (C=O) groups excluding carboxylic acids is 1. The molecule has 3 fully saturated rings. The van der Waals surface area contributed by atoms with Gasteiger partial charge in [-0.2, -0.15) is 0 Å². The van der Waals surface area contributed by atoms with Crippen LogP contribution in [0.25, 0.3) is 0 Å². The minimum absolute atomic E-state index is 0.156. The normalized spacial score (nSPS) is 37.7. The van der Waals surface area contributed by atoms with Crippen LogP contribution in [0.3, 0.4) is 0 Å². The molecule has 0 aliphatic heterocycles. The van der Waals surface area contributed by atoms with E-state index in [2.05, 4.69) is 5.32 Å². The molecule has 3 nitrogen and oxygen atoms in total. The number of fused-ring (bicyclic) bond motifs is 5. The fourth-order valence-corrected chi connectivity index (χ4v) is 4.95. The van der Waals surface area contributed by atoms with Crippen LogP contribution in [-0.2, 0) is 4.74 Å². The molecule has 1 N–H and O–H groups in total. The topological polar surface area (TPSA) is 38.3 Å². The number of hydrogen-bond donors (Lipinski definition) is 1. The predicted octanol–water partition coefficient (Wildman–Crippen LogP) is 4.06. The summed E-state index contributed by atoms with van der Waals surface area (Å²) in [5.74, 6) is 3.23. The highest BCUT2D eigenvalue weighted by Crippen LogP contribution is 2.59. The fourth-order valence-electron chi connectivity index (χ4n) is 4.95. The minimum atomic E-state index is -0.289. The molecule has 0 spiro atoms. The van der Waals surface area contributed by atoms with Gasteiger partial charge in [0, 0.05) is 5.69 Å². The Balaban J connectivity index is 1.37. The Morgan fingerprint density at radius 2 is 1.85 bits per heavy atom. The molecule has 1 aromatic carbocycles. The Hall–Kier alpha value is -1.51. The quantitative estimate of drug-likeness (QED) is 0.881. The third kappa shape index (κ3) is 2.00. The molecule has 3 saturated carbocycles. The van der Waals surface area contributed by atoms with Gasteiger partial charge in [0.25, 0.3) is 0 Å². The molecule has 3 aliphatic carbocycles. The largest absolute Gasteiger partial charge is 0.446 e. The first-order valence-electron chi connectivity index (χ1n) is 7.84. The van der Waals surface area contributed by atoms with Crippen molar-refractivity contribution in [3.63, 3.8) is 0 Å². The van der Waals surface area contributed by atoms with E-state index in [1.807, 2.05) is 30.3 Å². The first kappa shape index (κ1) is 12.2. The van der Waals surface area contributed by atoms with Gasteiger partial charge in [0.2, 0.25) is 0 Å². The SMILES string of the molecule is O=C(Nc1ccccc1)O[C@@H]1C[C@H]2C[C@H]1[C@@H]1CCC[C@@H]21. The molecule has 0 saturated heterocycles. The van der Waals surface area contributed by atoms with E-state index >= 15 is 0 Å². The van der Waals surface area contributed by atoms with Gasteiger partial charge in [-0.15, -0.1) is 0 Å². The molecular weight excluding hydrogens is 250 g/mol. The van der Waals surface area contributed by atoms with Gasteiger partial charge < -0.3 is 4.74 Å². The van der Waals surface area contributed by atoms with Crippen LogP contribution >= 0.6 is 0 Å². The molecule has 0 heterocycles. The van der Waals surface area contributed by atoms with Crippen molar-refractivity contribution >= 4 is 11.8 Å². The summed E-state index contributed by atoms with van der Waals surface area (Å²) in [5.41, 5.74) is 0.805. The third-order valence-corrected chi connectivity index (χ3v) is 5.65. The van der Waals surface area contributed by atoms with E-state index in [0.29, 0.717) is 5.92 Å². The number of amides is 1. The van der Waals surface area contributed by atoms with Crippen LogP contribution < -0.4 is 5.32 Å². The van der Waals surface area contributed by atoms with Gasteiger partial charge in [0.05, 0.1) is 0 Å². The zero-order valence-corrected chi connectivity index (χ0v) is 11.6. The molecule has 0 aromatic heterocycles. The van der Waals surface area contributed by atoms with Crippen LogP contribution in [0.1, 0.15) is 32.1 Å². The Bertz CT molecular complexity index is 501. The molecule has 4 rings (SSSR count). The van der Waals surface area contributed by atoms with Crippen LogP contribution in [0.15, 0.2) is 30.3 Å². The monoisotopic (exact) mass is 271 g/mol. The van der Waals surface area contributed by atoms with E-state index in [1.165, 1.54) is 25.7 Å². The van der Waals surface area contributed by atoms with Gasteiger partial charge in [-0.05, 0) is 61.5 Å². The van der Waals surface area contributed by atoms with E-state index in [-0.39, 0.29) is 12.2 Å². The first-order chi connectivity index (χ1) is 9.81. The number of benzene rings is 1. The number of hydrogen-bond acceptors (Lipinski definition) is 2. The molecule has 1 amide bonds. The van der Waals surface area contributed by atoms with E-state index < -0.39 is 0 Å². The highest BCUT2D eigenvalue weighted by atomic mass is 16.6. The smallest absolute Gasteiger partial charge is 0.411 e. The van der Waals surface area contributed by atoms with Crippen molar-refractivity contribution in [3.8, 4) is 0 Å². The molecule has 0 unspecified atom stereocenters. The maximum absolute atomic E-state index is 12.0. The lowest BCUT2D eigenvalue weighted by Gasteiger charge is -2.31. The fraction of sp³-hybridized carbons (Fsp3) is 0.588. The highest BCUT2D eigenvalue weighted by molar-refractivity contribution is 5.84. The predicted molar refractivity (Wildman–Crippen MR) is 77.4 cm³/mol. The summed E-state index contributed by atoms with van der Waals surface area (Å²) in [7, 11) is 0. The number of carbonyl (C=O) groups is 1. The van der Waals surface area contributed by atoms with E-state index in [9.17, 15) is 4.79 Å². The molecule has 20 heavy (non-hydrogen) atoms. The second-order valence-corrected chi connectivity index (χ2v) is 6.59. The number of rotatable bonds is 2. The molecule has 0 radical (unpaired) electrons. The van der Waals surface area contributed by atoms with Gasteiger partial charge in [-0.25, -0.2) is 4.79 Å². The van der Waals surface area contributed by atoms with Crippen molar-refractivity contribution < 1.29 is 9.53 Å². The van der Waals surface area contributed by atoms with Crippen LogP contribution in [-0.4, -0.2) is 12.2 Å². The molecule has 2 bridgehead atoms. The number of ether oxygens (including phenoxy) is 1. The lowest BCUT2D eigenvalue weighted by atomic mass is 9.80. The molecule has 1 aromatic rings. The molecule has 5 atom stereocenters. The number of nitrogens with one attached hydrogen (secondary N) is 1. The summed E-state index contributed by atoms with van der Waals surface area (Å²) >= 11 is 0. The Morgan fingerprint density at radius 1 is 1.05 bits per heavy atom. The Labute approximate surface area is 119 Å². The van der Waals surface area contributed by atoms with Crippen LogP contribution in [0.4, 0.5) is 10.5 Å². The van der Waals surface area contributed by atoms with E-state index in [1.54, 1.807) is 0 Å². The summed E-state index contributed by atoms with van der Waals surface area (Å²) in [6.45, 7) is 0. The van der Waals surface area contributed by atoms with Gasteiger partial charge >= 0.3 is 6.09 Å². The maximum Gasteiger partial charge on any atom is 0.411 e. The van der Waals surface area contributed by atoms with Gasteiger partial charge in [-0.1, -0.05) is 24.6 Å². The second kappa shape index (κ2) is 4.80. The van der Waals surface area contributed by atoms with E-state index in [4.69, 9.17) is 4.74 Å². The summed E-state index contributed by atoms with van der Waals surface area (Å²) < 4.78 is 5.71. The summed E-state index contributed by atoms with van der Waals surface area (Å²) in [4.78, 5) is 12.0. The molecular formula is C17H21NO2. The van der Waals surface area contributed by atoms with Crippen molar-refractivity contribution in [1.82, 2.24) is 0 Å². The third-order valence-electron chi connectivity index (χ3n) is 5.65. The zero-order chi connectivity index (χ0) is 13.5. The lowest BCUT2D eigenvalue weighted by Crippen LogP contribution is -2.33. The Morgan fingerprint density at radius 3 is 2.70 bits per heavy atom. The summed E-state index contributed by atoms with van der Waals surface area (Å²) in [5, 5.41) is 2.83. The second-order valence-electron chi connectivity index (χ2n) is 6.59. The summed E-state index contributed by atoms with van der Waals surface area (Å²) in [6.07, 6.45) is 6.39. The van der Waals surface area contributed by atoms with Gasteiger partial charge in [0.15, 0.2) is 0 Å².